The molecule has 0 bridgehead atoms. The van der Waals surface area contributed by atoms with Gasteiger partial charge in [-0.15, -0.1) is 0 Å². The monoisotopic (exact) mass is 592 g/mol. The molecule has 2 saturated heterocycles. The van der Waals surface area contributed by atoms with Crippen molar-refractivity contribution in [3.8, 4) is 5.75 Å². The molecule has 4 amide bonds. The number of carbonyl (C=O) groups excluding carboxylic acids is 4. The molecule has 2 aliphatic heterocycles. The van der Waals surface area contributed by atoms with Crippen molar-refractivity contribution in [1.82, 2.24) is 4.90 Å². The highest BCUT2D eigenvalue weighted by Gasteiger charge is 2.68. The van der Waals surface area contributed by atoms with Gasteiger partial charge >= 0.3 is 0 Å². The molecule has 1 N–H and O–H groups in total. The number of anilines is 1. The lowest BCUT2D eigenvalue weighted by molar-refractivity contribution is -0.145. The first-order valence-corrected chi connectivity index (χ1v) is 14.7. The molecule has 3 fully saturated rings. The Morgan fingerprint density at radius 3 is 2.21 bits per heavy atom. The maximum absolute atomic E-state index is 14.5. The van der Waals surface area contributed by atoms with E-state index in [9.17, 15) is 28.7 Å². The van der Waals surface area contributed by atoms with Gasteiger partial charge in [0, 0.05) is 11.5 Å². The number of halogens is 2. The number of fused-ring (bicyclic) bond motifs is 4. The summed E-state index contributed by atoms with van der Waals surface area (Å²) in [5.41, 5.74) is 1.14. The summed E-state index contributed by atoms with van der Waals surface area (Å²) in [6, 6.07) is 7.44. The number of aromatic hydroxyl groups is 1. The zero-order valence-corrected chi connectivity index (χ0v) is 25.3. The molecule has 9 heteroatoms. The van der Waals surface area contributed by atoms with E-state index in [1.807, 2.05) is 39.0 Å². The lowest BCUT2D eigenvalue weighted by Crippen LogP contribution is -2.49. The fourth-order valence-corrected chi connectivity index (χ4v) is 8.26. The fraction of sp³-hybridized carbons (Fsp3) is 0.455. The van der Waals surface area contributed by atoms with E-state index >= 15 is 0 Å². The number of amides is 4. The zero-order chi connectivity index (χ0) is 30.6. The number of benzene rings is 2. The maximum Gasteiger partial charge on any atom is 0.241 e. The summed E-state index contributed by atoms with van der Waals surface area (Å²) in [6.45, 7) is 10.9. The Hall–Kier alpha value is -3.52. The van der Waals surface area contributed by atoms with Gasteiger partial charge in [-0.3, -0.25) is 24.1 Å². The maximum atomic E-state index is 14.5. The van der Waals surface area contributed by atoms with Gasteiger partial charge in [-0.2, -0.15) is 0 Å². The molecule has 7 nitrogen and oxygen atoms in total. The summed E-state index contributed by atoms with van der Waals surface area (Å²) in [7, 11) is 0. The molecule has 42 heavy (non-hydrogen) atoms. The Morgan fingerprint density at radius 1 is 0.976 bits per heavy atom. The van der Waals surface area contributed by atoms with E-state index in [0.717, 1.165) is 22.1 Å². The number of hydrogen-bond acceptors (Lipinski definition) is 5. The smallest absolute Gasteiger partial charge is 0.241 e. The van der Waals surface area contributed by atoms with Crippen LogP contribution in [0.1, 0.15) is 63.1 Å². The molecule has 0 spiro atoms. The van der Waals surface area contributed by atoms with Crippen molar-refractivity contribution in [1.29, 1.82) is 0 Å². The number of rotatable bonds is 2. The van der Waals surface area contributed by atoms with Gasteiger partial charge in [-0.05, 0) is 95.2 Å². The molecule has 2 heterocycles. The third-order valence-electron chi connectivity index (χ3n) is 9.95. The summed E-state index contributed by atoms with van der Waals surface area (Å²) in [5.74, 6) is -4.82. The van der Waals surface area contributed by atoms with Crippen LogP contribution in [0.5, 0.6) is 5.75 Å². The van der Waals surface area contributed by atoms with Gasteiger partial charge < -0.3 is 5.11 Å². The number of allylic oxidation sites excluding steroid dienone is 2. The summed E-state index contributed by atoms with van der Waals surface area (Å²) in [5, 5.41) is 10.4. The van der Waals surface area contributed by atoms with Crippen LogP contribution in [-0.4, -0.2) is 39.2 Å². The normalized spacial score (nSPS) is 30.9. The van der Waals surface area contributed by atoms with Crippen molar-refractivity contribution in [3.05, 3.63) is 69.5 Å². The lowest BCUT2D eigenvalue weighted by Gasteiger charge is -2.49. The Labute approximate surface area is 249 Å². The van der Waals surface area contributed by atoms with Crippen LogP contribution in [0.3, 0.4) is 0 Å². The number of hydrogen-bond donors (Lipinski definition) is 1. The number of aryl methyl sites for hydroxylation is 2. The molecular weight excluding hydrogens is 559 g/mol. The molecule has 6 unspecified atom stereocenters. The molecule has 0 radical (unpaired) electrons. The molecule has 0 aromatic heterocycles. The van der Waals surface area contributed by atoms with Gasteiger partial charge in [0.05, 0.1) is 33.9 Å². The predicted molar refractivity (Wildman–Crippen MR) is 155 cm³/mol. The van der Waals surface area contributed by atoms with Crippen LogP contribution in [0.25, 0.3) is 0 Å². The average molecular weight is 593 g/mol. The van der Waals surface area contributed by atoms with E-state index in [2.05, 4.69) is 0 Å². The van der Waals surface area contributed by atoms with Crippen molar-refractivity contribution < 1.29 is 28.7 Å². The Morgan fingerprint density at radius 2 is 1.62 bits per heavy atom. The number of imide groups is 2. The number of phenolic OH excluding ortho intramolecular Hbond substituents is 1. The second-order valence-electron chi connectivity index (χ2n) is 13.4. The van der Waals surface area contributed by atoms with Crippen molar-refractivity contribution in [2.75, 3.05) is 4.90 Å². The third kappa shape index (κ3) is 3.76. The van der Waals surface area contributed by atoms with Crippen LogP contribution < -0.4 is 4.90 Å². The van der Waals surface area contributed by atoms with Crippen LogP contribution in [0.4, 0.5) is 10.1 Å². The molecule has 220 valence electrons. The fourth-order valence-electron chi connectivity index (χ4n) is 8.08. The minimum atomic E-state index is -1.24. The molecular formula is C33H34ClFN2O5. The molecule has 4 aliphatic rings. The van der Waals surface area contributed by atoms with E-state index in [1.54, 1.807) is 20.8 Å². The van der Waals surface area contributed by atoms with E-state index in [0.29, 0.717) is 17.5 Å². The first-order valence-electron chi connectivity index (χ1n) is 14.3. The number of nitrogens with zero attached hydrogens (tertiary/aromatic N) is 2. The summed E-state index contributed by atoms with van der Waals surface area (Å²) < 4.78 is 14.0. The van der Waals surface area contributed by atoms with Crippen molar-refractivity contribution in [3.63, 3.8) is 0 Å². The molecule has 2 aliphatic carbocycles. The zero-order valence-electron chi connectivity index (χ0n) is 24.5. The van der Waals surface area contributed by atoms with Gasteiger partial charge in [0.25, 0.3) is 0 Å². The van der Waals surface area contributed by atoms with Crippen LogP contribution >= 0.6 is 11.6 Å². The van der Waals surface area contributed by atoms with Gasteiger partial charge in [0.15, 0.2) is 0 Å². The molecule has 6 atom stereocenters. The molecule has 2 aromatic rings. The first-order chi connectivity index (χ1) is 19.6. The van der Waals surface area contributed by atoms with Gasteiger partial charge in [-0.25, -0.2) is 9.29 Å². The highest BCUT2D eigenvalue weighted by Crippen LogP contribution is 2.64. The number of carbonyl (C=O) groups is 4. The largest absolute Gasteiger partial charge is 0.507 e. The predicted octanol–water partition coefficient (Wildman–Crippen LogP) is 5.83. The van der Waals surface area contributed by atoms with Crippen molar-refractivity contribution in [2.45, 2.75) is 65.8 Å². The highest BCUT2D eigenvalue weighted by molar-refractivity contribution is 6.31. The van der Waals surface area contributed by atoms with Gasteiger partial charge in [-0.1, -0.05) is 35.4 Å². The van der Waals surface area contributed by atoms with Crippen molar-refractivity contribution >= 4 is 40.9 Å². The number of phenols is 1. The van der Waals surface area contributed by atoms with Gasteiger partial charge in [0.1, 0.15) is 11.6 Å². The number of likely N-dealkylation sites (tertiary alicyclic amines) is 1. The lowest BCUT2D eigenvalue weighted by atomic mass is 9.51. The second-order valence-corrected chi connectivity index (χ2v) is 13.9. The van der Waals surface area contributed by atoms with E-state index in [4.69, 9.17) is 11.6 Å². The second kappa shape index (κ2) is 9.24. The summed E-state index contributed by atoms with van der Waals surface area (Å²) >= 11 is 6.06. The van der Waals surface area contributed by atoms with E-state index in [-0.39, 0.29) is 34.7 Å². The molecule has 1 saturated carbocycles. The standard InChI is InChI=1S/C33H34ClFN2O5/c1-15-11-17(12-16(2)27(15)38)26-19-8-9-20-25(30(41)37(28(20)39)32(3,4)5)21(19)14-22-29(40)36(31(42)33(22,26)6)18-7-10-24(35)23(34)13-18/h7-8,10-13,20-22,25-26,38H,9,14H2,1-6H3. The van der Waals surface area contributed by atoms with Crippen LogP contribution in [0.15, 0.2) is 42.0 Å². The van der Waals surface area contributed by atoms with Crippen molar-refractivity contribution in [2.24, 2.45) is 29.1 Å². The molecule has 2 aromatic carbocycles. The SMILES string of the molecule is Cc1cc(C2C3=CCC4C(=O)N(C(C)(C)C)C(=O)C4C3CC3C(=O)N(c4ccc(F)c(Cl)c4)C(=O)C32C)cc(C)c1O. The highest BCUT2D eigenvalue weighted by atomic mass is 35.5. The van der Waals surface area contributed by atoms with Crippen LogP contribution in [0.2, 0.25) is 5.02 Å². The quantitative estimate of drug-likeness (QED) is 0.350. The minimum Gasteiger partial charge on any atom is -0.507 e. The van der Waals surface area contributed by atoms with E-state index < -0.39 is 58.2 Å². The Kier molecular flexibility index (Phi) is 6.29. The summed E-state index contributed by atoms with van der Waals surface area (Å²) in [4.78, 5) is 58.6. The minimum absolute atomic E-state index is 0.152. The Bertz CT molecular complexity index is 1600. The summed E-state index contributed by atoms with van der Waals surface area (Å²) in [6.07, 6.45) is 2.59. The van der Waals surface area contributed by atoms with E-state index in [1.165, 1.54) is 17.0 Å². The van der Waals surface area contributed by atoms with Gasteiger partial charge in [0.2, 0.25) is 23.6 Å². The molecule has 6 rings (SSSR count). The third-order valence-corrected chi connectivity index (χ3v) is 10.2. The van der Waals surface area contributed by atoms with Crippen LogP contribution in [-0.2, 0) is 19.2 Å². The van der Waals surface area contributed by atoms with Crippen LogP contribution in [0, 0.1) is 48.8 Å². The topological polar surface area (TPSA) is 95.0 Å². The Balaban J connectivity index is 1.54. The average Bonchev–Trinajstić information content (AvgIpc) is 3.28. The first kappa shape index (κ1) is 28.6.